The molecule has 0 atom stereocenters. The molecule has 0 aliphatic carbocycles. The number of fused-ring (bicyclic) bond motifs is 4. The fraction of sp³-hybridized carbons (Fsp3) is 0.224. The third-order valence-corrected chi connectivity index (χ3v) is 14.3. The molecule has 5 aromatic carbocycles. The normalized spacial score (nSPS) is 13.2. The second-order valence-electron chi connectivity index (χ2n) is 16.0. The lowest BCUT2D eigenvalue weighted by atomic mass is 9.97. The minimum absolute atomic E-state index is 0.154. The van der Waals surface area contributed by atoms with Crippen LogP contribution in [0.5, 0.6) is 17.2 Å². The predicted octanol–water partition coefficient (Wildman–Crippen LogP) is 7.15. The molecular formula is C49H48N6O9S2. The monoisotopic (exact) mass is 928 g/mol. The Labute approximate surface area is 383 Å². The summed E-state index contributed by atoms with van der Waals surface area (Å²) in [6.07, 6.45) is 4.98. The van der Waals surface area contributed by atoms with Crippen LogP contribution in [0.1, 0.15) is 60.2 Å². The smallest absolute Gasteiger partial charge is 0.258 e. The van der Waals surface area contributed by atoms with Crippen molar-refractivity contribution in [2.24, 2.45) is 0 Å². The Morgan fingerprint density at radius 2 is 1.27 bits per heavy atom. The average Bonchev–Trinajstić information content (AvgIpc) is 3.86. The summed E-state index contributed by atoms with van der Waals surface area (Å²) in [5.74, 6) is 1.03. The number of sulfonamides is 2. The molecule has 66 heavy (non-hydrogen) atoms. The number of aromatic nitrogens is 2. The van der Waals surface area contributed by atoms with Crippen LogP contribution in [0.2, 0.25) is 0 Å². The lowest BCUT2D eigenvalue weighted by Crippen LogP contribution is -2.26. The summed E-state index contributed by atoms with van der Waals surface area (Å²) in [6, 6.07) is 32.1. The van der Waals surface area contributed by atoms with Crippen LogP contribution in [0.25, 0.3) is 21.8 Å². The van der Waals surface area contributed by atoms with Crippen LogP contribution in [-0.4, -0.2) is 84.3 Å². The molecule has 2 aliphatic rings. The summed E-state index contributed by atoms with van der Waals surface area (Å²) in [5, 5.41) is 4.06. The molecule has 0 bridgehead atoms. The van der Waals surface area contributed by atoms with E-state index in [1.165, 1.54) is 22.7 Å². The Morgan fingerprint density at radius 3 is 1.83 bits per heavy atom. The summed E-state index contributed by atoms with van der Waals surface area (Å²) in [4.78, 5) is 37.1. The highest BCUT2D eigenvalue weighted by atomic mass is 32.2. The van der Waals surface area contributed by atoms with Crippen molar-refractivity contribution in [1.82, 2.24) is 20.2 Å². The van der Waals surface area contributed by atoms with Crippen LogP contribution in [0.15, 0.2) is 116 Å². The second-order valence-corrected chi connectivity index (χ2v) is 20.0. The molecule has 0 radical (unpaired) electrons. The molecule has 0 saturated carbocycles. The molecule has 4 heterocycles. The lowest BCUT2D eigenvalue weighted by molar-refractivity contribution is 0.0761. The maximum atomic E-state index is 14.5. The Kier molecular flexibility index (Phi) is 12.3. The first-order valence-corrected chi connectivity index (χ1v) is 24.5. The van der Waals surface area contributed by atoms with Crippen LogP contribution >= 0.6 is 0 Å². The second kappa shape index (κ2) is 18.0. The zero-order valence-electron chi connectivity index (χ0n) is 37.4. The Bertz CT molecular complexity index is 3220. The number of pyridine rings is 2. The molecule has 1 N–H and O–H groups in total. The van der Waals surface area contributed by atoms with Gasteiger partial charge in [-0.05, 0) is 60.0 Å². The number of carbonyl (C=O) groups is 2. The molecular weight excluding hydrogens is 881 g/mol. The standard InChI is InChI=1S/C35H33N3O6S.C14H15N3O3S/c1-37(45(4,40)41)32-27-16-11-19-36-31(27)34(44-33(23-12-7-5-8-13-23)24-14-9-6-10-15-24)30-28(32)22-38(35(30)39)21-25-17-18-26(42-2)20-29(25)43-3;1-8-11-10(7-16-14(11)18)13(17(2)21(3,19)20)9-5-4-6-15-12(8)9/h5-20,33H,21-22H2,1-4H3;4-6H,7H2,1-3H3,(H,16,18). The quantitative estimate of drug-likeness (QED) is 0.132. The zero-order chi connectivity index (χ0) is 47.1. The van der Waals surface area contributed by atoms with Gasteiger partial charge >= 0.3 is 0 Å². The number of benzene rings is 5. The van der Waals surface area contributed by atoms with E-state index < -0.39 is 26.2 Å². The molecule has 2 amide bonds. The van der Waals surface area contributed by atoms with E-state index in [-0.39, 0.29) is 30.5 Å². The molecule has 17 heteroatoms. The van der Waals surface area contributed by atoms with Crippen LogP contribution < -0.4 is 28.1 Å². The summed E-state index contributed by atoms with van der Waals surface area (Å²) < 4.78 is 70.1. The number of nitrogens with zero attached hydrogens (tertiary/aromatic N) is 5. The highest BCUT2D eigenvalue weighted by Gasteiger charge is 2.39. The van der Waals surface area contributed by atoms with Crippen LogP contribution in [-0.2, 0) is 39.7 Å². The number of aryl methyl sites for hydroxylation is 1. The number of anilines is 2. The minimum Gasteiger partial charge on any atom is -0.497 e. The van der Waals surface area contributed by atoms with Gasteiger partial charge in [0.1, 0.15) is 23.1 Å². The van der Waals surface area contributed by atoms with Gasteiger partial charge < -0.3 is 24.4 Å². The Balaban J connectivity index is 0.000000235. The first kappa shape index (κ1) is 45.3. The largest absolute Gasteiger partial charge is 0.497 e. The summed E-state index contributed by atoms with van der Waals surface area (Å²) in [6.45, 7) is 2.53. The number of ether oxygens (including phenoxy) is 3. The Morgan fingerprint density at radius 1 is 0.712 bits per heavy atom. The van der Waals surface area contributed by atoms with E-state index >= 15 is 0 Å². The summed E-state index contributed by atoms with van der Waals surface area (Å²) in [7, 11) is -1.00. The molecule has 2 aliphatic heterocycles. The maximum Gasteiger partial charge on any atom is 0.258 e. The van der Waals surface area contributed by atoms with Crippen LogP contribution in [0.4, 0.5) is 11.4 Å². The van der Waals surface area contributed by atoms with Gasteiger partial charge in [0, 0.05) is 79.7 Å². The predicted molar refractivity (Wildman–Crippen MR) is 254 cm³/mol. The van der Waals surface area contributed by atoms with E-state index in [4.69, 9.17) is 14.2 Å². The highest BCUT2D eigenvalue weighted by molar-refractivity contribution is 7.92. The van der Waals surface area contributed by atoms with Crippen molar-refractivity contribution in [3.8, 4) is 17.2 Å². The number of rotatable bonds is 12. The van der Waals surface area contributed by atoms with E-state index in [9.17, 15) is 26.4 Å². The van der Waals surface area contributed by atoms with E-state index in [0.29, 0.717) is 68.3 Å². The molecule has 7 aromatic rings. The van der Waals surface area contributed by atoms with Gasteiger partial charge in [-0.1, -0.05) is 60.7 Å². The number of methoxy groups -OCH3 is 2. The number of hydrogen-bond acceptors (Lipinski definition) is 11. The third-order valence-electron chi connectivity index (χ3n) is 11.9. The highest BCUT2D eigenvalue weighted by Crippen LogP contribution is 2.47. The first-order chi connectivity index (χ1) is 31.5. The van der Waals surface area contributed by atoms with Crippen molar-refractivity contribution >= 4 is 65.0 Å². The fourth-order valence-electron chi connectivity index (χ4n) is 8.56. The summed E-state index contributed by atoms with van der Waals surface area (Å²) >= 11 is 0. The van der Waals surface area contributed by atoms with E-state index in [2.05, 4.69) is 15.3 Å². The number of hydrogen-bond donors (Lipinski definition) is 1. The van der Waals surface area contributed by atoms with Gasteiger partial charge in [-0.3, -0.25) is 28.2 Å². The molecule has 0 spiro atoms. The van der Waals surface area contributed by atoms with Crippen molar-refractivity contribution in [1.29, 1.82) is 0 Å². The number of carbonyl (C=O) groups excluding carboxylic acids is 2. The van der Waals surface area contributed by atoms with Crippen molar-refractivity contribution in [2.45, 2.75) is 32.7 Å². The molecule has 9 rings (SSSR count). The van der Waals surface area contributed by atoms with Crippen molar-refractivity contribution < 1.29 is 40.6 Å². The van der Waals surface area contributed by atoms with E-state index in [1.54, 1.807) is 49.7 Å². The lowest BCUT2D eigenvalue weighted by Gasteiger charge is -2.26. The van der Waals surface area contributed by atoms with Gasteiger partial charge in [-0.15, -0.1) is 0 Å². The van der Waals surface area contributed by atoms with E-state index in [0.717, 1.165) is 40.2 Å². The van der Waals surface area contributed by atoms with Crippen LogP contribution in [0, 0.1) is 6.92 Å². The third kappa shape index (κ3) is 8.42. The van der Waals surface area contributed by atoms with Gasteiger partial charge in [-0.2, -0.15) is 0 Å². The van der Waals surface area contributed by atoms with Crippen molar-refractivity contribution in [3.05, 3.63) is 160 Å². The molecule has 340 valence electrons. The number of amides is 2. The average molecular weight is 929 g/mol. The van der Waals surface area contributed by atoms with Gasteiger partial charge in [0.05, 0.1) is 54.7 Å². The first-order valence-electron chi connectivity index (χ1n) is 20.8. The molecule has 0 fully saturated rings. The van der Waals surface area contributed by atoms with Crippen molar-refractivity contribution in [3.63, 3.8) is 0 Å². The fourth-order valence-corrected chi connectivity index (χ4v) is 9.64. The van der Waals surface area contributed by atoms with E-state index in [1.807, 2.05) is 91.9 Å². The Hall–Kier alpha value is -7.24. The minimum atomic E-state index is -3.70. The maximum absolute atomic E-state index is 14.5. The SMILES string of the molecule is COc1ccc(CN2Cc3c(c(OC(c4ccccc4)c4ccccc4)c4ncccc4c3N(C)S(C)(=O)=O)C2=O)c(OC)c1.Cc1c2c(c(N(C)S(C)(=O)=O)c3cccnc13)CNC2=O. The topological polar surface area (TPSA) is 178 Å². The zero-order valence-corrected chi connectivity index (χ0v) is 39.0. The van der Waals surface area contributed by atoms with Gasteiger partial charge in [-0.25, -0.2) is 16.8 Å². The van der Waals surface area contributed by atoms with Gasteiger partial charge in [0.15, 0.2) is 5.75 Å². The van der Waals surface area contributed by atoms with Gasteiger partial charge in [0.25, 0.3) is 11.8 Å². The molecule has 0 unspecified atom stereocenters. The van der Waals surface area contributed by atoms with Crippen LogP contribution in [0.3, 0.4) is 0 Å². The van der Waals surface area contributed by atoms with Gasteiger partial charge in [0.2, 0.25) is 20.0 Å². The molecule has 2 aromatic heterocycles. The van der Waals surface area contributed by atoms with Crippen molar-refractivity contribution in [2.75, 3.05) is 49.4 Å². The summed E-state index contributed by atoms with van der Waals surface area (Å²) in [5.41, 5.74) is 7.40. The number of nitrogens with one attached hydrogen (secondary N) is 1. The molecule has 15 nitrogen and oxygen atoms in total. The molecule has 0 saturated heterocycles.